The van der Waals surface area contributed by atoms with Crippen molar-refractivity contribution in [3.05, 3.63) is 215 Å². The summed E-state index contributed by atoms with van der Waals surface area (Å²) in [5.41, 5.74) is 2.25. The zero-order valence-corrected chi connectivity index (χ0v) is 71.0. The summed E-state index contributed by atoms with van der Waals surface area (Å²) in [6, 6.07) is 56.4. The molecule has 662 valence electrons. The van der Waals surface area contributed by atoms with Crippen LogP contribution >= 0.6 is 12.4 Å². The Morgan fingerprint density at radius 1 is 0.516 bits per heavy atom. The molecule has 3 spiro atoms. The van der Waals surface area contributed by atoms with Gasteiger partial charge in [-0.3, -0.25) is 33.7 Å². The lowest BCUT2D eigenvalue weighted by Gasteiger charge is -2.47. The van der Waals surface area contributed by atoms with Crippen LogP contribution in [0, 0.1) is 5.92 Å². The van der Waals surface area contributed by atoms with Crippen molar-refractivity contribution in [2.24, 2.45) is 5.92 Å². The van der Waals surface area contributed by atoms with Gasteiger partial charge in [0.1, 0.15) is 48.0 Å². The summed E-state index contributed by atoms with van der Waals surface area (Å²) in [5.74, 6) is -4.98. The predicted molar refractivity (Wildman–Crippen MR) is 445 cm³/mol. The van der Waals surface area contributed by atoms with Crippen LogP contribution in [0.4, 0.5) is 35.9 Å². The minimum absolute atomic E-state index is 0. The number of rotatable bonds is 25. The average molecular weight is 1720 g/mol. The molecule has 5 saturated carbocycles. The van der Waals surface area contributed by atoms with Crippen LogP contribution in [0.1, 0.15) is 177 Å². The molecule has 122 heavy (non-hydrogen) atoms. The van der Waals surface area contributed by atoms with Gasteiger partial charge in [-0.1, -0.05) is 223 Å². The van der Waals surface area contributed by atoms with Crippen molar-refractivity contribution in [3.63, 3.8) is 0 Å². The van der Waals surface area contributed by atoms with Gasteiger partial charge in [0.05, 0.1) is 19.8 Å². The number of esters is 2. The largest absolute Gasteiger partial charge is 0.480 e. The van der Waals surface area contributed by atoms with E-state index in [-0.39, 0.29) is 93.0 Å². The van der Waals surface area contributed by atoms with Gasteiger partial charge in [0, 0.05) is 57.4 Å². The van der Waals surface area contributed by atoms with E-state index in [2.05, 4.69) is 26.2 Å². The number of carbonyl (C=O) groups is 10. The smallest absolute Gasteiger partial charge is 0.471 e. The third-order valence-electron chi connectivity index (χ3n) is 23.4. The summed E-state index contributed by atoms with van der Waals surface area (Å²) in [6.07, 6.45) is 0.501. The van der Waals surface area contributed by atoms with Crippen LogP contribution in [0.15, 0.2) is 182 Å². The summed E-state index contributed by atoms with van der Waals surface area (Å²) < 4.78 is 95.8. The maximum absolute atomic E-state index is 13.5. The van der Waals surface area contributed by atoms with E-state index in [1.807, 2.05) is 217 Å². The highest BCUT2D eigenvalue weighted by atomic mass is 35.5. The van der Waals surface area contributed by atoms with Gasteiger partial charge in [0.2, 0.25) is 17.7 Å². The van der Waals surface area contributed by atoms with Crippen LogP contribution in [-0.2, 0) is 96.7 Å². The second-order valence-electron chi connectivity index (χ2n) is 32.0. The van der Waals surface area contributed by atoms with Gasteiger partial charge < -0.3 is 64.9 Å². The Balaban J connectivity index is 0.000000185. The number of aliphatic carboxylic acids is 1. The number of piperazine rings is 2. The number of carbonyl (C=O) groups excluding carboxylic acids is 9. The third-order valence-corrected chi connectivity index (χ3v) is 23.4. The Morgan fingerprint density at radius 3 is 1.34 bits per heavy atom. The Labute approximate surface area is 715 Å². The van der Waals surface area contributed by atoms with E-state index in [1.54, 1.807) is 4.90 Å². The number of hydrogen-bond acceptors (Lipinski definition) is 16. The maximum Gasteiger partial charge on any atom is 0.471 e. The number of nitrogens with one attached hydrogen (secondary N) is 4. The minimum Gasteiger partial charge on any atom is -0.480 e. The topological polar surface area (TPSA) is 292 Å². The quantitative estimate of drug-likeness (QED) is 0.0202. The molecule has 0 unspecified atom stereocenters. The first-order chi connectivity index (χ1) is 57.8. The highest BCUT2D eigenvalue weighted by molar-refractivity contribution is 6.02. The number of methoxy groups -OCH3 is 2. The number of ether oxygens (including phenoxy) is 4. The first-order valence-electron chi connectivity index (χ1n) is 41.5. The molecule has 3 heterocycles. The van der Waals surface area contributed by atoms with Crippen molar-refractivity contribution in [1.29, 1.82) is 0 Å². The van der Waals surface area contributed by atoms with Crippen molar-refractivity contribution < 1.29 is 98.3 Å². The van der Waals surface area contributed by atoms with Crippen molar-refractivity contribution in [2.45, 2.75) is 247 Å². The van der Waals surface area contributed by atoms with Crippen molar-refractivity contribution in [3.8, 4) is 0 Å². The number of nitrogens with zero attached hydrogens (tertiary/aromatic N) is 5. The van der Waals surface area contributed by atoms with Crippen LogP contribution in [-0.4, -0.2) is 187 Å². The number of likely N-dealkylation sites (tertiary alicyclic amines) is 1. The number of halogens is 7. The number of alkyl carbamates (subject to hydrolysis) is 2. The molecule has 8 fully saturated rings. The van der Waals surface area contributed by atoms with Gasteiger partial charge in [-0.05, 0) is 142 Å². The summed E-state index contributed by atoms with van der Waals surface area (Å²) in [6.45, 7) is 13.1. The highest BCUT2D eigenvalue weighted by Gasteiger charge is 2.62. The molecule has 24 nitrogen and oxygen atoms in total. The summed E-state index contributed by atoms with van der Waals surface area (Å²) in [4.78, 5) is 127. The lowest BCUT2D eigenvalue weighted by atomic mass is 9.89. The van der Waals surface area contributed by atoms with Gasteiger partial charge in [-0.25, -0.2) is 19.2 Å². The van der Waals surface area contributed by atoms with E-state index < -0.39 is 82.0 Å². The molecule has 14 rings (SSSR count). The molecule has 6 aromatic rings. The van der Waals surface area contributed by atoms with Crippen LogP contribution in [0.5, 0.6) is 0 Å². The summed E-state index contributed by atoms with van der Waals surface area (Å²) in [5, 5.41) is 20.0. The fraction of sp³-hybridized carbons (Fsp3) is 0.495. The molecule has 7 amide bonds. The molecule has 5 atom stereocenters. The maximum atomic E-state index is 13.5. The first-order valence-corrected chi connectivity index (χ1v) is 41.5. The molecule has 6 aromatic carbocycles. The first kappa shape index (κ1) is 96.9. The van der Waals surface area contributed by atoms with E-state index in [1.165, 1.54) is 24.7 Å². The molecular weight excluding hydrogens is 1610 g/mol. The van der Waals surface area contributed by atoms with E-state index in [0.29, 0.717) is 71.0 Å². The molecule has 0 aromatic heterocycles. The number of carboxylic acid groups (broad SMARTS) is 1. The van der Waals surface area contributed by atoms with Crippen LogP contribution in [0.3, 0.4) is 0 Å². The van der Waals surface area contributed by atoms with Gasteiger partial charge in [0.25, 0.3) is 0 Å². The fourth-order valence-corrected chi connectivity index (χ4v) is 15.2. The Hall–Kier alpha value is -10.6. The van der Waals surface area contributed by atoms with Crippen LogP contribution in [0.25, 0.3) is 0 Å². The van der Waals surface area contributed by atoms with E-state index in [0.717, 1.165) is 102 Å². The lowest BCUT2D eigenvalue weighted by molar-refractivity contribution is -0.193. The van der Waals surface area contributed by atoms with E-state index in [9.17, 15) is 74.3 Å². The second-order valence-corrected chi connectivity index (χ2v) is 32.0. The number of piperidine rings is 1. The normalized spacial score (nSPS) is 19.5. The molecule has 5 aliphatic carbocycles. The standard InChI is InChI=1S/C24H28N2O5.C17H21F3N2O.C15H18N2O2.C12H13NO4.C12H17NO2.C11H16F3NO.ClH/c1-3-20(21(27)30-2)26(16-18-10-6-4-7-11-18)22(28)24(14-15-24)25-23(29)31-17-19-12-8-5-9-13-19;1-2-14-11-22(15(23)17(18,19)20)16(8-9-16)12-21(14)10-13-6-4-3-5-7-13;1-2-12-13(18)16-15(8-9-15)14(19)17(12)10-11-6-4-3-5-7-11;14-10(15)12(6-7-12)13-11(16)17-8-9-4-2-1-3-5-9;1-3-11(12(14)15-2)13-9-10-7-5-4-6-8-10;1-2-8-3-4-10(5-6-10)15(7-8)9(16)11(12,13)14;/h4-13,20H,3,14-17H2,1-2H3,(H,25,29);3-7,14H,2,8-12H2,1H3;3-7,12H,2,8-10H2,1H3,(H,16,18);1-5H,6-8H2,(H,13,16)(H,14,15);4-8,11,13H,3,9H2,1-2H3;8H,2-7H2,1H3;1H/t20-;14-;12-;;11-;8-;/m000.01./s1. The van der Waals surface area contributed by atoms with Crippen molar-refractivity contribution in [2.75, 3.05) is 33.9 Å². The number of carboxylic acids is 1. The van der Waals surface area contributed by atoms with Gasteiger partial charge in [-0.15, -0.1) is 12.4 Å². The second kappa shape index (κ2) is 44.0. The summed E-state index contributed by atoms with van der Waals surface area (Å²) in [7, 11) is 2.72. The van der Waals surface area contributed by atoms with Crippen LogP contribution < -0.4 is 21.3 Å². The van der Waals surface area contributed by atoms with Crippen LogP contribution in [0.2, 0.25) is 0 Å². The van der Waals surface area contributed by atoms with Gasteiger partial charge in [-0.2, -0.15) is 26.3 Å². The van der Waals surface area contributed by atoms with Gasteiger partial charge in [0.15, 0.2) is 0 Å². The Morgan fingerprint density at radius 2 is 0.951 bits per heavy atom. The number of benzene rings is 6. The summed E-state index contributed by atoms with van der Waals surface area (Å²) >= 11 is 0. The average Bonchev–Trinajstić information content (AvgIpc) is 1.58. The predicted octanol–water partition coefficient (Wildman–Crippen LogP) is 14.5. The third kappa shape index (κ3) is 26.7. The molecule has 0 radical (unpaired) electrons. The SMILES string of the molecule is CC[C@@H](C(=O)OC)N(Cc1ccccc1)C(=O)C1(NC(=O)OCc2ccccc2)CC1.CC[C@@H]1CCC2(CC2)N(C(=O)C(F)(F)F)C1.CC[C@H](NCc1ccccc1)C(=O)OC.CC[C@H]1C(=O)NC2(CC2)C(=O)N1Cc1ccccc1.CC[C@H]1CN(C(=O)C(F)(F)F)C2(CC2)CN1Cc1ccccc1.Cl.O=C(NC1(C(=O)O)CC1)OCc1ccccc1. The molecule has 31 heteroatoms. The highest BCUT2D eigenvalue weighted by Crippen LogP contribution is 2.52. The molecule has 5 N–H and O–H groups in total. The Bertz CT molecular complexity index is 4410. The monoisotopic (exact) mass is 1720 g/mol. The molecule has 3 aliphatic heterocycles. The molecular formula is C91H114ClF6N9O15. The molecule has 0 bridgehead atoms. The Kier molecular flexibility index (Phi) is 34.9. The molecule has 3 saturated heterocycles. The number of hydrogen-bond donors (Lipinski definition) is 5. The zero-order valence-electron chi connectivity index (χ0n) is 70.2. The lowest BCUT2D eigenvalue weighted by Crippen LogP contribution is -2.64. The van der Waals surface area contributed by atoms with E-state index >= 15 is 0 Å². The van der Waals surface area contributed by atoms with Crippen molar-refractivity contribution >= 4 is 72.0 Å². The van der Waals surface area contributed by atoms with Gasteiger partial charge >= 0.3 is 54.3 Å². The number of alkyl halides is 6. The number of amides is 7. The minimum atomic E-state index is -4.78. The fourth-order valence-electron chi connectivity index (χ4n) is 15.2. The molecule has 8 aliphatic rings. The zero-order chi connectivity index (χ0) is 87.8. The van der Waals surface area contributed by atoms with Crippen molar-refractivity contribution in [1.82, 2.24) is 45.8 Å². The van der Waals surface area contributed by atoms with E-state index in [4.69, 9.17) is 24.1 Å².